The first-order valence-corrected chi connectivity index (χ1v) is 12.5. The molecule has 2 aliphatic rings. The van der Waals surface area contributed by atoms with Crippen molar-refractivity contribution in [3.8, 4) is 11.4 Å². The number of rotatable bonds is 2. The Hall–Kier alpha value is -3.01. The summed E-state index contributed by atoms with van der Waals surface area (Å²) in [6.45, 7) is 6.44. The molecule has 1 atom stereocenters. The highest BCUT2D eigenvalue weighted by Crippen LogP contribution is 2.41. The largest absolute Gasteiger partial charge is 0.381 e. The van der Waals surface area contributed by atoms with Crippen LogP contribution in [0.2, 0.25) is 5.28 Å². The molecule has 0 aliphatic carbocycles. The van der Waals surface area contributed by atoms with Gasteiger partial charge in [-0.05, 0) is 49.8 Å². The summed E-state index contributed by atoms with van der Waals surface area (Å²) in [5.41, 5.74) is 3.18. The fourth-order valence-electron chi connectivity index (χ4n) is 4.60. The van der Waals surface area contributed by atoms with Gasteiger partial charge in [-0.25, -0.2) is 15.0 Å². The highest BCUT2D eigenvalue weighted by atomic mass is 35.5. The predicted octanol–water partition coefficient (Wildman–Crippen LogP) is 3.86. The number of aromatic nitrogens is 3. The Bertz CT molecular complexity index is 1430. The molecule has 10 heteroatoms. The molecule has 1 fully saturated rings. The van der Waals surface area contributed by atoms with E-state index < -0.39 is 0 Å². The Balaban J connectivity index is 1.43. The van der Waals surface area contributed by atoms with E-state index in [9.17, 15) is 4.79 Å². The summed E-state index contributed by atoms with van der Waals surface area (Å²) in [4.78, 5) is 31.8. The van der Waals surface area contributed by atoms with Gasteiger partial charge in [-0.3, -0.25) is 4.79 Å². The SMILES string of the molecule is C[C@@H]1CNc2c(sc3ccc4nc(-c5cc(N6CCN(C)CC6)nc(Cl)n5)ccc4c23)C(=O)N1. The maximum atomic E-state index is 12.7. The van der Waals surface area contributed by atoms with E-state index in [1.165, 1.54) is 11.3 Å². The second-order valence-corrected chi connectivity index (χ2v) is 10.3. The van der Waals surface area contributed by atoms with Gasteiger partial charge in [0.15, 0.2) is 0 Å². The van der Waals surface area contributed by atoms with Gasteiger partial charge in [0.05, 0.1) is 22.6 Å². The van der Waals surface area contributed by atoms with Crippen LogP contribution in [0.15, 0.2) is 30.3 Å². The average molecular weight is 494 g/mol. The molecule has 2 aliphatic heterocycles. The normalized spacial score (nSPS) is 19.1. The van der Waals surface area contributed by atoms with Gasteiger partial charge in [-0.15, -0.1) is 11.3 Å². The molecule has 8 nitrogen and oxygen atoms in total. The van der Waals surface area contributed by atoms with Crippen molar-refractivity contribution in [1.82, 2.24) is 25.2 Å². The van der Waals surface area contributed by atoms with Crippen LogP contribution < -0.4 is 15.5 Å². The third kappa shape index (κ3) is 3.73. The van der Waals surface area contributed by atoms with Crippen LogP contribution in [0.4, 0.5) is 11.5 Å². The zero-order chi connectivity index (χ0) is 23.4. The quantitative estimate of drug-likeness (QED) is 0.410. The average Bonchev–Trinajstić information content (AvgIpc) is 3.15. The smallest absolute Gasteiger partial charge is 0.263 e. The molecule has 3 aromatic heterocycles. The van der Waals surface area contributed by atoms with Crippen LogP contribution >= 0.6 is 22.9 Å². The van der Waals surface area contributed by atoms with E-state index >= 15 is 0 Å². The van der Waals surface area contributed by atoms with E-state index in [2.05, 4.69) is 43.5 Å². The first kappa shape index (κ1) is 21.5. The van der Waals surface area contributed by atoms with E-state index in [1.54, 1.807) is 0 Å². The van der Waals surface area contributed by atoms with Crippen molar-refractivity contribution in [3.63, 3.8) is 0 Å². The molecule has 2 N–H and O–H groups in total. The number of hydrogen-bond donors (Lipinski definition) is 2. The van der Waals surface area contributed by atoms with Gasteiger partial charge in [-0.1, -0.05) is 0 Å². The lowest BCUT2D eigenvalue weighted by Crippen LogP contribution is -2.44. The van der Waals surface area contributed by atoms with Crippen molar-refractivity contribution in [2.24, 2.45) is 0 Å². The molecule has 0 spiro atoms. The third-order valence-corrected chi connectivity index (χ3v) is 7.79. The van der Waals surface area contributed by atoms with Gasteiger partial charge in [0.1, 0.15) is 10.7 Å². The Morgan fingerprint density at radius 2 is 1.88 bits per heavy atom. The van der Waals surface area contributed by atoms with Crippen LogP contribution in [-0.2, 0) is 0 Å². The number of thiophene rings is 1. The molecule has 0 unspecified atom stereocenters. The molecular weight excluding hydrogens is 470 g/mol. The van der Waals surface area contributed by atoms with Crippen LogP contribution in [0.5, 0.6) is 0 Å². The summed E-state index contributed by atoms with van der Waals surface area (Å²) in [7, 11) is 2.13. The van der Waals surface area contributed by atoms with E-state index in [1.807, 2.05) is 31.2 Å². The Kier molecular flexibility index (Phi) is 5.28. The molecule has 174 valence electrons. The lowest BCUT2D eigenvalue weighted by molar-refractivity contribution is 0.0949. The number of anilines is 2. The van der Waals surface area contributed by atoms with E-state index in [4.69, 9.17) is 16.6 Å². The lowest BCUT2D eigenvalue weighted by atomic mass is 10.1. The molecule has 0 bridgehead atoms. The zero-order valence-electron chi connectivity index (χ0n) is 18.9. The number of amides is 1. The minimum absolute atomic E-state index is 0.0292. The highest BCUT2D eigenvalue weighted by Gasteiger charge is 2.25. The number of nitrogens with one attached hydrogen (secondary N) is 2. The van der Waals surface area contributed by atoms with Crippen molar-refractivity contribution < 1.29 is 4.79 Å². The van der Waals surface area contributed by atoms with E-state index in [-0.39, 0.29) is 17.2 Å². The number of nitrogens with zero attached hydrogens (tertiary/aromatic N) is 5. The number of pyridine rings is 1. The second-order valence-electron chi connectivity index (χ2n) is 8.93. The van der Waals surface area contributed by atoms with Gasteiger partial charge in [0, 0.05) is 60.3 Å². The number of carbonyl (C=O) groups excluding carboxylic acids is 1. The summed E-state index contributed by atoms with van der Waals surface area (Å²) in [5.74, 6) is 0.798. The Morgan fingerprint density at radius 3 is 2.71 bits per heavy atom. The molecule has 1 aromatic carbocycles. The summed E-state index contributed by atoms with van der Waals surface area (Å²) < 4.78 is 1.06. The number of likely N-dealkylation sites (N-methyl/N-ethyl adjacent to an activating group) is 1. The van der Waals surface area contributed by atoms with Gasteiger partial charge in [-0.2, -0.15) is 0 Å². The highest BCUT2D eigenvalue weighted by molar-refractivity contribution is 7.21. The number of benzene rings is 1. The van der Waals surface area contributed by atoms with Crippen molar-refractivity contribution in [3.05, 3.63) is 40.5 Å². The maximum Gasteiger partial charge on any atom is 0.263 e. The standard InChI is InChI=1S/C24H24ClN7OS/c1-13-12-26-21-20-14-3-4-16(28-15(14)5-6-18(20)34-22(21)23(33)27-13)17-11-19(30-24(25)29-17)32-9-7-31(2)8-10-32/h3-6,11,13,26H,7-10,12H2,1-2H3,(H,27,33)/t13-/m1/s1. The fraction of sp³-hybridized carbons (Fsp3) is 0.333. The molecule has 4 aromatic rings. The summed E-state index contributed by atoms with van der Waals surface area (Å²) in [5, 5.41) is 8.78. The number of carbonyl (C=O) groups is 1. The minimum Gasteiger partial charge on any atom is -0.381 e. The van der Waals surface area contributed by atoms with Crippen molar-refractivity contribution in [1.29, 1.82) is 0 Å². The van der Waals surface area contributed by atoms with Gasteiger partial charge < -0.3 is 20.4 Å². The van der Waals surface area contributed by atoms with Crippen LogP contribution in [0.1, 0.15) is 16.6 Å². The number of hydrogen-bond acceptors (Lipinski definition) is 8. The molecule has 0 saturated carbocycles. The van der Waals surface area contributed by atoms with Gasteiger partial charge in [0.2, 0.25) is 5.28 Å². The van der Waals surface area contributed by atoms with Gasteiger partial charge >= 0.3 is 0 Å². The first-order chi connectivity index (χ1) is 16.5. The molecule has 1 amide bonds. The van der Waals surface area contributed by atoms with Crippen LogP contribution in [-0.4, -0.2) is 71.6 Å². The summed E-state index contributed by atoms with van der Waals surface area (Å²) in [6.07, 6.45) is 0. The van der Waals surface area contributed by atoms with Gasteiger partial charge in [0.25, 0.3) is 5.91 Å². The number of fused-ring (bicyclic) bond motifs is 5. The molecule has 1 saturated heterocycles. The third-order valence-electron chi connectivity index (χ3n) is 6.47. The predicted molar refractivity (Wildman–Crippen MR) is 138 cm³/mol. The van der Waals surface area contributed by atoms with E-state index in [0.717, 1.165) is 69.2 Å². The fourth-order valence-corrected chi connectivity index (χ4v) is 5.88. The summed E-state index contributed by atoms with van der Waals surface area (Å²) >= 11 is 7.83. The second kappa shape index (κ2) is 8.33. The number of halogens is 1. The Morgan fingerprint density at radius 1 is 1.06 bits per heavy atom. The summed E-state index contributed by atoms with van der Waals surface area (Å²) in [6, 6.07) is 10.1. The van der Waals surface area contributed by atoms with Crippen molar-refractivity contribution >= 4 is 61.3 Å². The molecule has 0 radical (unpaired) electrons. The zero-order valence-corrected chi connectivity index (χ0v) is 20.5. The lowest BCUT2D eigenvalue weighted by Gasteiger charge is -2.33. The topological polar surface area (TPSA) is 86.3 Å². The van der Waals surface area contributed by atoms with Crippen LogP contribution in [0.3, 0.4) is 0 Å². The first-order valence-electron chi connectivity index (χ1n) is 11.4. The number of piperazine rings is 1. The Labute approximate surface area is 206 Å². The van der Waals surface area contributed by atoms with E-state index in [0.29, 0.717) is 12.2 Å². The molecule has 5 heterocycles. The maximum absolute atomic E-state index is 12.7. The van der Waals surface area contributed by atoms with Crippen molar-refractivity contribution in [2.45, 2.75) is 13.0 Å². The molecule has 6 rings (SSSR count). The van der Waals surface area contributed by atoms with Crippen LogP contribution in [0, 0.1) is 0 Å². The van der Waals surface area contributed by atoms with Crippen LogP contribution in [0.25, 0.3) is 32.4 Å². The minimum atomic E-state index is -0.0292. The molecular formula is C24H24ClN7OS. The molecule has 34 heavy (non-hydrogen) atoms. The monoisotopic (exact) mass is 493 g/mol. The van der Waals surface area contributed by atoms with Crippen molar-refractivity contribution in [2.75, 3.05) is 50.0 Å².